The van der Waals surface area contributed by atoms with Crippen molar-refractivity contribution in [1.29, 1.82) is 5.41 Å². The number of carbonyl (C=O) groups excluding carboxylic acids is 2. The van der Waals surface area contributed by atoms with Crippen molar-refractivity contribution in [3.8, 4) is 5.75 Å². The molecule has 2 aromatic rings. The summed E-state index contributed by atoms with van der Waals surface area (Å²) < 4.78 is 16.4. The normalized spacial score (nSPS) is 19.4. The topological polar surface area (TPSA) is 121 Å². The van der Waals surface area contributed by atoms with Crippen molar-refractivity contribution < 1.29 is 23.8 Å². The Bertz CT molecular complexity index is 1070. The Kier molecular flexibility index (Phi) is 7.52. The van der Waals surface area contributed by atoms with Crippen molar-refractivity contribution >= 4 is 23.5 Å². The maximum atomic E-state index is 13.1. The van der Waals surface area contributed by atoms with Gasteiger partial charge in [-0.05, 0) is 42.0 Å². The highest BCUT2D eigenvalue weighted by Crippen LogP contribution is 2.25. The zero-order chi connectivity index (χ0) is 24.9. The smallest absolute Gasteiger partial charge is 0.414 e. The summed E-state index contributed by atoms with van der Waals surface area (Å²) in [6.45, 7) is 3.54. The predicted molar refractivity (Wildman–Crippen MR) is 131 cm³/mol. The number of hydrogen-bond donors (Lipinski definition) is 2. The largest absolute Gasteiger partial charge is 0.497 e. The van der Waals surface area contributed by atoms with Crippen molar-refractivity contribution in [3.05, 3.63) is 59.7 Å². The van der Waals surface area contributed by atoms with Crippen LogP contribution in [0.5, 0.6) is 5.75 Å². The van der Waals surface area contributed by atoms with E-state index in [1.54, 1.807) is 36.3 Å². The molecule has 2 fully saturated rings. The van der Waals surface area contributed by atoms with Crippen LogP contribution in [0.1, 0.15) is 17.2 Å². The van der Waals surface area contributed by atoms with Gasteiger partial charge in [-0.1, -0.05) is 12.1 Å². The van der Waals surface area contributed by atoms with Gasteiger partial charge in [0, 0.05) is 51.1 Å². The third-order valence-electron chi connectivity index (χ3n) is 6.37. The van der Waals surface area contributed by atoms with Crippen LogP contribution in [-0.2, 0) is 14.3 Å². The molecule has 2 atom stereocenters. The summed E-state index contributed by atoms with van der Waals surface area (Å²) in [5.41, 5.74) is 7.57. The van der Waals surface area contributed by atoms with Crippen LogP contribution in [0.25, 0.3) is 0 Å². The number of hydrogen-bond acceptors (Lipinski definition) is 7. The van der Waals surface area contributed by atoms with E-state index in [2.05, 4.69) is 4.90 Å². The molecule has 0 radical (unpaired) electrons. The second kappa shape index (κ2) is 10.7. The first kappa shape index (κ1) is 24.5. The fourth-order valence-corrected chi connectivity index (χ4v) is 4.44. The molecule has 0 bridgehead atoms. The van der Waals surface area contributed by atoms with Gasteiger partial charge in [0.05, 0.1) is 13.7 Å². The number of rotatable bonds is 8. The average Bonchev–Trinajstić information content (AvgIpc) is 3.24. The number of ether oxygens (including phenoxy) is 3. The molecule has 2 aliphatic rings. The molecule has 2 heterocycles. The number of nitrogens with two attached hydrogens (primary N) is 1. The Morgan fingerprint density at radius 3 is 2.49 bits per heavy atom. The molecule has 2 amide bonds. The SMILES string of the molecule is COc1cccc(C(OC)C(=O)N2CCN(CC3CN(c4ccc(C(=N)N)cc4)C(=O)O3)CC2)c1. The first-order valence-electron chi connectivity index (χ1n) is 11.5. The van der Waals surface area contributed by atoms with E-state index < -0.39 is 6.10 Å². The minimum atomic E-state index is -0.685. The summed E-state index contributed by atoms with van der Waals surface area (Å²) >= 11 is 0. The van der Waals surface area contributed by atoms with Crippen molar-refractivity contribution in [3.63, 3.8) is 0 Å². The van der Waals surface area contributed by atoms with E-state index in [4.69, 9.17) is 25.4 Å². The molecule has 2 aliphatic heterocycles. The number of benzene rings is 2. The Morgan fingerprint density at radius 1 is 1.14 bits per heavy atom. The quantitative estimate of drug-likeness (QED) is 0.436. The van der Waals surface area contributed by atoms with Crippen LogP contribution in [0.3, 0.4) is 0 Å². The number of nitrogen functional groups attached to an aromatic ring is 1. The number of piperazine rings is 1. The summed E-state index contributed by atoms with van der Waals surface area (Å²) in [5.74, 6) is 0.585. The van der Waals surface area contributed by atoms with E-state index >= 15 is 0 Å². The van der Waals surface area contributed by atoms with Gasteiger partial charge >= 0.3 is 6.09 Å². The maximum Gasteiger partial charge on any atom is 0.414 e. The molecule has 0 aliphatic carbocycles. The van der Waals surface area contributed by atoms with Crippen molar-refractivity contribution in [2.45, 2.75) is 12.2 Å². The fourth-order valence-electron chi connectivity index (χ4n) is 4.44. The van der Waals surface area contributed by atoms with Crippen molar-refractivity contribution in [2.24, 2.45) is 5.73 Å². The van der Waals surface area contributed by atoms with Crippen LogP contribution in [0.15, 0.2) is 48.5 Å². The minimum Gasteiger partial charge on any atom is -0.497 e. The number of amides is 2. The van der Waals surface area contributed by atoms with Gasteiger partial charge in [-0.2, -0.15) is 0 Å². The van der Waals surface area contributed by atoms with Gasteiger partial charge in [0.15, 0.2) is 6.10 Å². The zero-order valence-corrected chi connectivity index (χ0v) is 20.0. The number of anilines is 1. The fraction of sp³-hybridized carbons (Fsp3) is 0.400. The van der Waals surface area contributed by atoms with Gasteiger partial charge in [0.1, 0.15) is 17.7 Å². The van der Waals surface area contributed by atoms with Gasteiger partial charge in [0.2, 0.25) is 0 Å². The third kappa shape index (κ3) is 5.55. The lowest BCUT2D eigenvalue weighted by molar-refractivity contribution is -0.144. The minimum absolute atomic E-state index is 0.0173. The number of cyclic esters (lactones) is 1. The highest BCUT2D eigenvalue weighted by molar-refractivity contribution is 5.96. The lowest BCUT2D eigenvalue weighted by Crippen LogP contribution is -2.52. The summed E-state index contributed by atoms with van der Waals surface area (Å²) in [6, 6.07) is 14.3. The number of amidine groups is 1. The van der Waals surface area contributed by atoms with Crippen LogP contribution in [0.4, 0.5) is 10.5 Å². The first-order chi connectivity index (χ1) is 16.9. The van der Waals surface area contributed by atoms with E-state index in [-0.39, 0.29) is 23.9 Å². The standard InChI is InChI=1S/C25H31N5O5/c1-33-20-5-3-4-18(14-20)22(34-2)24(31)29-12-10-28(11-13-29)15-21-16-30(25(32)35-21)19-8-6-17(7-9-19)23(26)27/h3-9,14,21-22H,10-13,15-16H2,1-2H3,(H3,26,27). The average molecular weight is 482 g/mol. The molecule has 2 saturated heterocycles. The van der Waals surface area contributed by atoms with Crippen LogP contribution in [0, 0.1) is 5.41 Å². The number of carbonyl (C=O) groups is 2. The lowest BCUT2D eigenvalue weighted by Gasteiger charge is -2.36. The first-order valence-corrected chi connectivity index (χ1v) is 11.5. The summed E-state index contributed by atoms with van der Waals surface area (Å²) in [7, 11) is 3.12. The van der Waals surface area contributed by atoms with Crippen LogP contribution in [-0.4, -0.2) is 87.2 Å². The molecule has 4 rings (SSSR count). The summed E-state index contributed by atoms with van der Waals surface area (Å²) in [5, 5.41) is 7.50. The molecule has 10 nitrogen and oxygen atoms in total. The van der Waals surface area contributed by atoms with E-state index in [0.717, 1.165) is 5.56 Å². The van der Waals surface area contributed by atoms with Gasteiger partial charge < -0.3 is 24.8 Å². The highest BCUT2D eigenvalue weighted by atomic mass is 16.6. The van der Waals surface area contributed by atoms with E-state index in [9.17, 15) is 9.59 Å². The third-order valence-corrected chi connectivity index (χ3v) is 6.37. The molecule has 35 heavy (non-hydrogen) atoms. The monoisotopic (exact) mass is 481 g/mol. The highest BCUT2D eigenvalue weighted by Gasteiger charge is 2.35. The van der Waals surface area contributed by atoms with Crippen molar-refractivity contribution in [2.75, 3.05) is 58.4 Å². The lowest BCUT2D eigenvalue weighted by atomic mass is 10.1. The second-order valence-electron chi connectivity index (χ2n) is 8.60. The number of nitrogens with one attached hydrogen (secondary N) is 1. The maximum absolute atomic E-state index is 13.1. The number of methoxy groups -OCH3 is 2. The molecule has 186 valence electrons. The zero-order valence-electron chi connectivity index (χ0n) is 20.0. The van der Waals surface area contributed by atoms with E-state index in [1.807, 2.05) is 29.2 Å². The van der Waals surface area contributed by atoms with Gasteiger partial charge in [-0.25, -0.2) is 4.79 Å². The molecular weight excluding hydrogens is 450 g/mol. The molecule has 3 N–H and O–H groups in total. The van der Waals surface area contributed by atoms with Gasteiger partial charge in [0.25, 0.3) is 5.91 Å². The van der Waals surface area contributed by atoms with Gasteiger partial charge in [-0.15, -0.1) is 0 Å². The molecular formula is C25H31N5O5. The van der Waals surface area contributed by atoms with Crippen LogP contribution < -0.4 is 15.4 Å². The Balaban J connectivity index is 1.30. The van der Waals surface area contributed by atoms with E-state index in [0.29, 0.717) is 56.3 Å². The molecule has 0 spiro atoms. The Morgan fingerprint density at radius 2 is 1.86 bits per heavy atom. The van der Waals surface area contributed by atoms with Crippen LogP contribution >= 0.6 is 0 Å². The predicted octanol–water partition coefficient (Wildman–Crippen LogP) is 1.84. The summed E-state index contributed by atoms with van der Waals surface area (Å²) in [4.78, 5) is 31.2. The second-order valence-corrected chi connectivity index (χ2v) is 8.60. The van der Waals surface area contributed by atoms with E-state index in [1.165, 1.54) is 7.11 Å². The molecule has 0 aromatic heterocycles. The van der Waals surface area contributed by atoms with Gasteiger partial charge in [-0.3, -0.25) is 20.0 Å². The molecule has 0 saturated carbocycles. The van der Waals surface area contributed by atoms with Crippen LogP contribution in [0.2, 0.25) is 0 Å². The Labute approximate surface area is 204 Å². The Hall–Kier alpha value is -3.63. The molecule has 2 aromatic carbocycles. The molecule has 10 heteroatoms. The van der Waals surface area contributed by atoms with Crippen molar-refractivity contribution in [1.82, 2.24) is 9.80 Å². The molecule has 2 unspecified atom stereocenters. The number of nitrogens with zero attached hydrogens (tertiary/aromatic N) is 3. The summed E-state index contributed by atoms with van der Waals surface area (Å²) in [6.07, 6.45) is -1.34.